The maximum Gasteiger partial charge on any atom is 0.290 e. The molecule has 0 aromatic heterocycles. The number of anilines is 1. The fourth-order valence-electron chi connectivity index (χ4n) is 2.62. The van der Waals surface area contributed by atoms with Gasteiger partial charge in [-0.15, -0.1) is 0 Å². The number of carbonyl (C=O) groups excluding carboxylic acids is 3. The molecule has 0 radical (unpaired) electrons. The molecule has 3 rings (SSSR count). The number of para-hydroxylation sites is 1. The molecule has 0 spiro atoms. The largest absolute Gasteiger partial charge is 0.490 e. The Hall–Kier alpha value is -3.26. The van der Waals surface area contributed by atoms with Crippen molar-refractivity contribution in [2.75, 3.05) is 18.5 Å². The van der Waals surface area contributed by atoms with E-state index < -0.39 is 11.1 Å². The van der Waals surface area contributed by atoms with Crippen molar-refractivity contribution in [3.8, 4) is 11.5 Å². The van der Waals surface area contributed by atoms with Gasteiger partial charge in [0.25, 0.3) is 17.1 Å². The fourth-order valence-corrected chi connectivity index (χ4v) is 3.30. The lowest BCUT2D eigenvalue weighted by atomic mass is 10.2. The van der Waals surface area contributed by atoms with E-state index in [1.165, 1.54) is 0 Å². The molecule has 0 saturated carbocycles. The molecule has 0 unspecified atom stereocenters. The highest BCUT2D eigenvalue weighted by atomic mass is 32.2. The van der Waals surface area contributed by atoms with E-state index in [2.05, 4.69) is 10.6 Å². The minimum atomic E-state index is -0.425. The maximum absolute atomic E-state index is 12.2. The molecule has 2 aromatic rings. The lowest BCUT2D eigenvalue weighted by molar-refractivity contribution is -0.118. The van der Waals surface area contributed by atoms with Crippen LogP contribution < -0.4 is 20.1 Å². The summed E-state index contributed by atoms with van der Waals surface area (Å²) >= 11 is 0.845. The van der Waals surface area contributed by atoms with Gasteiger partial charge >= 0.3 is 0 Å². The van der Waals surface area contributed by atoms with Crippen molar-refractivity contribution in [2.45, 2.75) is 13.8 Å². The average Bonchev–Trinajstić information content (AvgIpc) is 3.00. The highest BCUT2D eigenvalue weighted by Crippen LogP contribution is 2.31. The molecule has 1 heterocycles. The second kappa shape index (κ2) is 9.29. The molecule has 1 fully saturated rings. The molecule has 0 aliphatic carbocycles. The Bertz CT molecular complexity index is 987. The Kier molecular flexibility index (Phi) is 6.56. The van der Waals surface area contributed by atoms with E-state index >= 15 is 0 Å². The number of thioether (sulfide) groups is 1. The van der Waals surface area contributed by atoms with Gasteiger partial charge in [0.1, 0.15) is 0 Å². The topological polar surface area (TPSA) is 93.7 Å². The minimum absolute atomic E-state index is 0.179. The van der Waals surface area contributed by atoms with Gasteiger partial charge in [-0.2, -0.15) is 0 Å². The zero-order chi connectivity index (χ0) is 20.8. The number of hydrogen-bond acceptors (Lipinski definition) is 6. The fraction of sp³-hybridized carbons (Fsp3) is 0.190. The Morgan fingerprint density at radius 3 is 2.62 bits per heavy atom. The number of carbonyl (C=O) groups is 3. The van der Waals surface area contributed by atoms with Crippen LogP contribution in [0.1, 0.15) is 18.1 Å². The molecule has 3 amide bonds. The highest BCUT2D eigenvalue weighted by molar-refractivity contribution is 8.18. The number of imide groups is 1. The van der Waals surface area contributed by atoms with Crippen molar-refractivity contribution >= 4 is 40.6 Å². The summed E-state index contributed by atoms with van der Waals surface area (Å²) < 4.78 is 11.2. The van der Waals surface area contributed by atoms with Crippen LogP contribution in [0.15, 0.2) is 47.4 Å². The van der Waals surface area contributed by atoms with Gasteiger partial charge in [0, 0.05) is 5.69 Å². The molecule has 1 aliphatic rings. The number of hydrogen-bond donors (Lipinski definition) is 2. The van der Waals surface area contributed by atoms with Gasteiger partial charge < -0.3 is 14.8 Å². The number of rotatable bonds is 7. The Labute approximate surface area is 172 Å². The van der Waals surface area contributed by atoms with Gasteiger partial charge in [-0.1, -0.05) is 24.3 Å². The second-order valence-corrected chi connectivity index (χ2v) is 7.16. The summed E-state index contributed by atoms with van der Waals surface area (Å²) in [4.78, 5) is 35.5. The summed E-state index contributed by atoms with van der Waals surface area (Å²) in [6, 6.07) is 12.6. The normalized spacial score (nSPS) is 14.6. The molecule has 0 atom stereocenters. The van der Waals surface area contributed by atoms with Crippen LogP contribution in [-0.4, -0.2) is 30.3 Å². The minimum Gasteiger partial charge on any atom is -0.490 e. The standard InChI is InChI=1S/C21H20N2O5S/c1-3-27-17-10-14(11-18-20(25)23-21(26)29-18)8-9-16(17)28-12-19(24)22-15-7-5-4-6-13(15)2/h4-11H,3,12H2,1-2H3,(H,22,24)(H,23,25,26)/b18-11-. The molecule has 1 aliphatic heterocycles. The van der Waals surface area contributed by atoms with Crippen LogP contribution in [0.3, 0.4) is 0 Å². The molecular formula is C21H20N2O5S. The van der Waals surface area contributed by atoms with Crippen LogP contribution in [-0.2, 0) is 9.59 Å². The van der Waals surface area contributed by atoms with E-state index in [0.717, 1.165) is 23.0 Å². The summed E-state index contributed by atoms with van der Waals surface area (Å²) in [6.45, 7) is 3.97. The lowest BCUT2D eigenvalue weighted by Gasteiger charge is -2.13. The quantitative estimate of drug-likeness (QED) is 0.673. The number of nitrogens with one attached hydrogen (secondary N) is 2. The van der Waals surface area contributed by atoms with E-state index in [1.807, 2.05) is 38.1 Å². The summed E-state index contributed by atoms with van der Waals surface area (Å²) in [5.74, 6) is 0.144. The van der Waals surface area contributed by atoms with Gasteiger partial charge in [-0.3, -0.25) is 19.7 Å². The molecule has 1 saturated heterocycles. The van der Waals surface area contributed by atoms with Gasteiger partial charge in [-0.05, 0) is 61.0 Å². The first-order valence-electron chi connectivity index (χ1n) is 8.96. The van der Waals surface area contributed by atoms with Crippen molar-refractivity contribution < 1.29 is 23.9 Å². The first-order chi connectivity index (χ1) is 14.0. The molecule has 7 nitrogen and oxygen atoms in total. The molecule has 0 bridgehead atoms. The van der Waals surface area contributed by atoms with Crippen molar-refractivity contribution in [2.24, 2.45) is 0 Å². The van der Waals surface area contributed by atoms with Crippen LogP contribution in [0.25, 0.3) is 6.08 Å². The Morgan fingerprint density at radius 2 is 1.93 bits per heavy atom. The van der Waals surface area contributed by atoms with E-state index in [-0.39, 0.29) is 12.5 Å². The molecule has 29 heavy (non-hydrogen) atoms. The second-order valence-electron chi connectivity index (χ2n) is 6.14. The lowest BCUT2D eigenvalue weighted by Crippen LogP contribution is -2.20. The van der Waals surface area contributed by atoms with Crippen LogP contribution in [0, 0.1) is 6.92 Å². The Morgan fingerprint density at radius 1 is 1.14 bits per heavy atom. The third-order valence-electron chi connectivity index (χ3n) is 3.99. The predicted octanol–water partition coefficient (Wildman–Crippen LogP) is 3.74. The highest BCUT2D eigenvalue weighted by Gasteiger charge is 2.25. The molecule has 150 valence electrons. The summed E-state index contributed by atoms with van der Waals surface area (Å²) in [5.41, 5.74) is 2.37. The van der Waals surface area contributed by atoms with E-state index in [0.29, 0.717) is 28.6 Å². The number of aryl methyl sites for hydroxylation is 1. The monoisotopic (exact) mass is 412 g/mol. The van der Waals surface area contributed by atoms with E-state index in [9.17, 15) is 14.4 Å². The summed E-state index contributed by atoms with van der Waals surface area (Å²) in [7, 11) is 0. The first kappa shape index (κ1) is 20.5. The van der Waals surface area contributed by atoms with Crippen LogP contribution >= 0.6 is 11.8 Å². The zero-order valence-electron chi connectivity index (χ0n) is 16.0. The SMILES string of the molecule is CCOc1cc(/C=C2\SC(=O)NC2=O)ccc1OCC(=O)Nc1ccccc1C. The molecule has 2 N–H and O–H groups in total. The van der Waals surface area contributed by atoms with Crippen LogP contribution in [0.4, 0.5) is 10.5 Å². The van der Waals surface area contributed by atoms with Crippen molar-refractivity contribution in [3.63, 3.8) is 0 Å². The number of ether oxygens (including phenoxy) is 2. The molecule has 2 aromatic carbocycles. The van der Waals surface area contributed by atoms with Crippen molar-refractivity contribution in [1.29, 1.82) is 0 Å². The number of amides is 3. The third kappa shape index (κ3) is 5.39. The maximum atomic E-state index is 12.2. The molecule has 8 heteroatoms. The Balaban J connectivity index is 1.69. The summed E-state index contributed by atoms with van der Waals surface area (Å²) in [6.07, 6.45) is 1.60. The van der Waals surface area contributed by atoms with Gasteiger partial charge in [0.2, 0.25) is 0 Å². The van der Waals surface area contributed by atoms with Gasteiger partial charge in [-0.25, -0.2) is 0 Å². The third-order valence-corrected chi connectivity index (χ3v) is 4.80. The summed E-state index contributed by atoms with van der Waals surface area (Å²) in [5, 5.41) is 4.62. The first-order valence-corrected chi connectivity index (χ1v) is 9.78. The predicted molar refractivity (Wildman–Crippen MR) is 112 cm³/mol. The van der Waals surface area contributed by atoms with Crippen LogP contribution in [0.5, 0.6) is 11.5 Å². The van der Waals surface area contributed by atoms with Gasteiger partial charge in [0.15, 0.2) is 18.1 Å². The molecular weight excluding hydrogens is 392 g/mol. The number of benzene rings is 2. The zero-order valence-corrected chi connectivity index (χ0v) is 16.8. The van der Waals surface area contributed by atoms with Gasteiger partial charge in [0.05, 0.1) is 11.5 Å². The van der Waals surface area contributed by atoms with E-state index in [4.69, 9.17) is 9.47 Å². The average molecular weight is 412 g/mol. The van der Waals surface area contributed by atoms with Crippen molar-refractivity contribution in [3.05, 3.63) is 58.5 Å². The smallest absolute Gasteiger partial charge is 0.290 e. The van der Waals surface area contributed by atoms with E-state index in [1.54, 1.807) is 24.3 Å². The van der Waals surface area contributed by atoms with Crippen molar-refractivity contribution in [1.82, 2.24) is 5.32 Å². The van der Waals surface area contributed by atoms with Crippen LogP contribution in [0.2, 0.25) is 0 Å².